The summed E-state index contributed by atoms with van der Waals surface area (Å²) in [4.78, 5) is 15.1. The van der Waals surface area contributed by atoms with Crippen LogP contribution in [0.5, 0.6) is 0 Å². The van der Waals surface area contributed by atoms with Crippen LogP contribution in [0.4, 0.5) is 5.82 Å². The Morgan fingerprint density at radius 3 is 2.89 bits per heavy atom. The molecule has 1 unspecified atom stereocenters. The Hall–Kier alpha value is -1.29. The smallest absolute Gasteiger partial charge is 0.356 e. The molecule has 4 nitrogen and oxygen atoms in total. The number of carbonyl (C=O) groups is 1. The van der Waals surface area contributed by atoms with Crippen LogP contribution >= 0.6 is 11.6 Å². The number of carboxylic acid groups (broad SMARTS) is 1. The van der Waals surface area contributed by atoms with Gasteiger partial charge in [-0.1, -0.05) is 31.9 Å². The summed E-state index contributed by atoms with van der Waals surface area (Å²) in [5.74, 6) is -0.512. The van der Waals surface area contributed by atoms with Crippen LogP contribution in [0, 0.1) is 5.41 Å². The Kier molecular flexibility index (Phi) is 3.99. The van der Waals surface area contributed by atoms with E-state index >= 15 is 0 Å². The van der Waals surface area contributed by atoms with Crippen molar-refractivity contribution in [2.45, 2.75) is 45.6 Å². The topological polar surface area (TPSA) is 62.2 Å². The van der Waals surface area contributed by atoms with Gasteiger partial charge >= 0.3 is 5.97 Å². The van der Waals surface area contributed by atoms with Gasteiger partial charge in [-0.3, -0.25) is 0 Å². The second-order valence-corrected chi connectivity index (χ2v) is 6.34. The Morgan fingerprint density at radius 2 is 2.26 bits per heavy atom. The highest BCUT2D eigenvalue weighted by atomic mass is 35.5. The minimum Gasteiger partial charge on any atom is -0.476 e. The Labute approximate surface area is 118 Å². The molecule has 0 radical (unpaired) electrons. The van der Waals surface area contributed by atoms with Gasteiger partial charge in [0, 0.05) is 6.04 Å². The largest absolute Gasteiger partial charge is 0.476 e. The van der Waals surface area contributed by atoms with Gasteiger partial charge in [0.15, 0.2) is 5.69 Å². The summed E-state index contributed by atoms with van der Waals surface area (Å²) in [6.07, 6.45) is 4.58. The molecule has 1 heterocycles. The fourth-order valence-corrected chi connectivity index (χ4v) is 2.89. The van der Waals surface area contributed by atoms with Crippen LogP contribution in [0.15, 0.2) is 12.1 Å². The second-order valence-electron chi connectivity index (χ2n) is 5.93. The second kappa shape index (κ2) is 5.37. The summed E-state index contributed by atoms with van der Waals surface area (Å²) >= 11 is 5.81. The van der Waals surface area contributed by atoms with Gasteiger partial charge < -0.3 is 10.4 Å². The van der Waals surface area contributed by atoms with Crippen molar-refractivity contribution in [1.82, 2.24) is 4.98 Å². The zero-order valence-corrected chi connectivity index (χ0v) is 12.0. The lowest BCUT2D eigenvalue weighted by Gasteiger charge is -2.35. The van der Waals surface area contributed by atoms with Crippen LogP contribution in [0.1, 0.15) is 50.0 Å². The van der Waals surface area contributed by atoms with E-state index in [1.165, 1.54) is 12.8 Å². The third-order valence-corrected chi connectivity index (χ3v) is 3.91. The highest BCUT2D eigenvalue weighted by Gasteiger charge is 2.28. The number of anilines is 1. The first-order valence-corrected chi connectivity index (χ1v) is 6.91. The standard InChI is InChI=1S/C14H19ClN2O2/c1-14(2)7-3-4-9(8-14)16-11-6-5-10(15)12(17-11)13(18)19/h5-6,9H,3-4,7-8H2,1-2H3,(H,16,17)(H,18,19). The Balaban J connectivity index is 2.11. The number of halogens is 1. The molecule has 2 rings (SSSR count). The van der Waals surface area contributed by atoms with Gasteiger partial charge in [0.05, 0.1) is 5.02 Å². The molecule has 0 amide bonds. The van der Waals surface area contributed by atoms with Crippen molar-refractivity contribution in [3.8, 4) is 0 Å². The van der Waals surface area contributed by atoms with E-state index in [1.807, 2.05) is 0 Å². The van der Waals surface area contributed by atoms with Crippen LogP contribution in [0.3, 0.4) is 0 Å². The van der Waals surface area contributed by atoms with Gasteiger partial charge in [-0.05, 0) is 36.8 Å². The normalized spacial score (nSPS) is 21.9. The van der Waals surface area contributed by atoms with Gasteiger partial charge in [-0.25, -0.2) is 9.78 Å². The molecular formula is C14H19ClN2O2. The van der Waals surface area contributed by atoms with Gasteiger partial charge in [-0.15, -0.1) is 0 Å². The van der Waals surface area contributed by atoms with E-state index in [9.17, 15) is 4.79 Å². The van der Waals surface area contributed by atoms with Crippen molar-refractivity contribution in [3.63, 3.8) is 0 Å². The maximum absolute atomic E-state index is 11.0. The third kappa shape index (κ3) is 3.60. The lowest BCUT2D eigenvalue weighted by atomic mass is 9.75. The van der Waals surface area contributed by atoms with Crippen molar-refractivity contribution < 1.29 is 9.90 Å². The number of hydrogen-bond acceptors (Lipinski definition) is 3. The van der Waals surface area contributed by atoms with Crippen molar-refractivity contribution in [3.05, 3.63) is 22.8 Å². The predicted molar refractivity (Wildman–Crippen MR) is 75.9 cm³/mol. The third-order valence-electron chi connectivity index (χ3n) is 3.61. The number of rotatable bonds is 3. The molecule has 0 aromatic carbocycles. The van der Waals surface area contributed by atoms with Crippen molar-refractivity contribution >= 4 is 23.4 Å². The van der Waals surface area contributed by atoms with E-state index in [2.05, 4.69) is 24.1 Å². The molecule has 5 heteroatoms. The monoisotopic (exact) mass is 282 g/mol. The predicted octanol–water partition coefficient (Wildman–Crippen LogP) is 3.81. The first-order valence-electron chi connectivity index (χ1n) is 6.54. The number of aromatic nitrogens is 1. The summed E-state index contributed by atoms with van der Waals surface area (Å²) in [5.41, 5.74) is 0.236. The summed E-state index contributed by atoms with van der Waals surface area (Å²) in [6, 6.07) is 3.66. The van der Waals surface area contributed by atoms with Crippen LogP contribution in [0.25, 0.3) is 0 Å². The molecule has 0 spiro atoms. The average Bonchev–Trinajstić information content (AvgIpc) is 2.30. The number of nitrogens with one attached hydrogen (secondary N) is 1. The van der Waals surface area contributed by atoms with Crippen molar-refractivity contribution in [2.75, 3.05) is 5.32 Å². The minimum atomic E-state index is -1.10. The van der Waals surface area contributed by atoms with E-state index in [1.54, 1.807) is 12.1 Å². The summed E-state index contributed by atoms with van der Waals surface area (Å²) in [6.45, 7) is 4.53. The van der Waals surface area contributed by atoms with E-state index in [4.69, 9.17) is 16.7 Å². The zero-order valence-electron chi connectivity index (χ0n) is 11.2. The maximum Gasteiger partial charge on any atom is 0.356 e. The van der Waals surface area contributed by atoms with E-state index in [-0.39, 0.29) is 10.7 Å². The van der Waals surface area contributed by atoms with Gasteiger partial charge in [0.1, 0.15) is 5.82 Å². The molecule has 2 N–H and O–H groups in total. The van der Waals surface area contributed by atoms with Crippen molar-refractivity contribution in [1.29, 1.82) is 0 Å². The van der Waals surface area contributed by atoms with Crippen LogP contribution < -0.4 is 5.32 Å². The quantitative estimate of drug-likeness (QED) is 0.885. The van der Waals surface area contributed by atoms with E-state index in [0.717, 1.165) is 12.8 Å². The lowest BCUT2D eigenvalue weighted by Crippen LogP contribution is -2.32. The molecular weight excluding hydrogens is 264 g/mol. The highest BCUT2D eigenvalue weighted by molar-refractivity contribution is 6.33. The molecule has 0 saturated heterocycles. The molecule has 1 aliphatic carbocycles. The average molecular weight is 283 g/mol. The SMILES string of the molecule is CC1(C)CCCC(Nc2ccc(Cl)c(C(=O)O)n2)C1. The number of carboxylic acids is 1. The van der Waals surface area contributed by atoms with Crippen LogP contribution in [-0.2, 0) is 0 Å². The van der Waals surface area contributed by atoms with E-state index < -0.39 is 5.97 Å². The van der Waals surface area contributed by atoms with Gasteiger partial charge in [-0.2, -0.15) is 0 Å². The molecule has 1 saturated carbocycles. The fraction of sp³-hybridized carbons (Fsp3) is 0.571. The summed E-state index contributed by atoms with van der Waals surface area (Å²) in [7, 11) is 0. The molecule has 1 aromatic rings. The van der Waals surface area contributed by atoms with Gasteiger partial charge in [0.2, 0.25) is 0 Å². The molecule has 0 aliphatic heterocycles. The molecule has 1 aliphatic rings. The minimum absolute atomic E-state index is 0.0956. The molecule has 104 valence electrons. The van der Waals surface area contributed by atoms with Gasteiger partial charge in [0.25, 0.3) is 0 Å². The van der Waals surface area contributed by atoms with E-state index in [0.29, 0.717) is 17.3 Å². The summed E-state index contributed by atoms with van der Waals surface area (Å²) < 4.78 is 0. The Bertz CT molecular complexity index is 488. The zero-order chi connectivity index (χ0) is 14.0. The fourth-order valence-electron chi connectivity index (χ4n) is 2.70. The lowest BCUT2D eigenvalue weighted by molar-refractivity contribution is 0.0691. The van der Waals surface area contributed by atoms with Crippen LogP contribution in [-0.4, -0.2) is 22.1 Å². The molecule has 19 heavy (non-hydrogen) atoms. The first-order chi connectivity index (χ1) is 8.87. The molecule has 1 atom stereocenters. The number of pyridine rings is 1. The van der Waals surface area contributed by atoms with Crippen molar-refractivity contribution in [2.24, 2.45) is 5.41 Å². The molecule has 0 bridgehead atoms. The highest BCUT2D eigenvalue weighted by Crippen LogP contribution is 2.36. The summed E-state index contributed by atoms with van der Waals surface area (Å²) in [5, 5.41) is 12.5. The number of hydrogen-bond donors (Lipinski definition) is 2. The molecule has 1 fully saturated rings. The Morgan fingerprint density at radius 1 is 1.53 bits per heavy atom. The first kappa shape index (κ1) is 14.1. The number of aromatic carboxylic acids is 1. The van der Waals surface area contributed by atoms with Crippen LogP contribution in [0.2, 0.25) is 5.02 Å². The number of nitrogens with zero attached hydrogens (tertiary/aromatic N) is 1. The molecule has 1 aromatic heterocycles. The maximum atomic E-state index is 11.0.